The van der Waals surface area contributed by atoms with Gasteiger partial charge in [-0.1, -0.05) is 6.07 Å². The first kappa shape index (κ1) is 21.7. The third kappa shape index (κ3) is 5.78. The zero-order valence-electron chi connectivity index (χ0n) is 18.3. The summed E-state index contributed by atoms with van der Waals surface area (Å²) >= 11 is 0. The van der Waals surface area contributed by atoms with Crippen molar-refractivity contribution < 1.29 is 9.47 Å². The molecule has 1 aliphatic rings. The van der Waals surface area contributed by atoms with Crippen LogP contribution in [0.25, 0.3) is 0 Å². The molecule has 3 rings (SSSR count). The number of unbranched alkanes of at least 4 members (excludes halogenated alkanes) is 1. The highest BCUT2D eigenvalue weighted by Crippen LogP contribution is 2.33. The van der Waals surface area contributed by atoms with E-state index in [1.54, 1.807) is 20.4 Å². The highest BCUT2D eigenvalue weighted by atomic mass is 16.5. The number of aliphatic imine (C=N–C) groups is 1. The minimum absolute atomic E-state index is 0.778. The van der Waals surface area contributed by atoms with Crippen molar-refractivity contribution in [2.24, 2.45) is 4.99 Å². The molecule has 2 N–H and O–H groups in total. The van der Waals surface area contributed by atoms with Gasteiger partial charge in [0.05, 0.1) is 14.2 Å². The maximum atomic E-state index is 5.48. The lowest BCUT2D eigenvalue weighted by molar-refractivity contribution is 0.346. The molecule has 0 amide bonds. The molecule has 0 radical (unpaired) electrons. The van der Waals surface area contributed by atoms with Crippen LogP contribution in [-0.2, 0) is 13.0 Å². The van der Waals surface area contributed by atoms with Crippen molar-refractivity contribution in [2.45, 2.75) is 32.7 Å². The highest BCUT2D eigenvalue weighted by Gasteiger charge is 2.21. The van der Waals surface area contributed by atoms with Gasteiger partial charge >= 0.3 is 0 Å². The Morgan fingerprint density at radius 3 is 2.63 bits per heavy atom. The summed E-state index contributed by atoms with van der Waals surface area (Å²) < 4.78 is 10.9. The van der Waals surface area contributed by atoms with Gasteiger partial charge in [0.2, 0.25) is 0 Å². The van der Waals surface area contributed by atoms with Gasteiger partial charge in [0.25, 0.3) is 0 Å². The molecule has 0 fully saturated rings. The van der Waals surface area contributed by atoms with Gasteiger partial charge in [-0.15, -0.1) is 0 Å². The van der Waals surface area contributed by atoms with E-state index in [2.05, 4.69) is 39.6 Å². The summed E-state index contributed by atoms with van der Waals surface area (Å²) in [5.41, 5.74) is 2.59. The largest absolute Gasteiger partial charge is 0.493 e. The van der Waals surface area contributed by atoms with Crippen LogP contribution in [0.1, 0.15) is 30.9 Å². The molecular formula is C23H33N5O2. The third-order valence-electron chi connectivity index (χ3n) is 5.17. The predicted octanol–water partition coefficient (Wildman–Crippen LogP) is 3.31. The second-order valence-electron chi connectivity index (χ2n) is 7.23. The SMILES string of the molecule is CCNC(=NCCCCNc1ccccn1)N1CCc2cc(OC)c(OC)cc2C1. The molecule has 7 heteroatoms. The number of methoxy groups -OCH3 is 2. The first-order valence-electron chi connectivity index (χ1n) is 10.7. The fraction of sp³-hybridized carbons (Fsp3) is 0.478. The maximum absolute atomic E-state index is 5.48. The average Bonchev–Trinajstić information content (AvgIpc) is 2.79. The quantitative estimate of drug-likeness (QED) is 0.375. The van der Waals surface area contributed by atoms with Crippen LogP contribution in [-0.4, -0.2) is 56.2 Å². The van der Waals surface area contributed by atoms with Gasteiger partial charge in [-0.2, -0.15) is 0 Å². The zero-order valence-corrected chi connectivity index (χ0v) is 18.3. The second-order valence-corrected chi connectivity index (χ2v) is 7.23. The molecule has 2 aromatic rings. The van der Waals surface area contributed by atoms with E-state index < -0.39 is 0 Å². The van der Waals surface area contributed by atoms with Gasteiger partial charge in [-0.3, -0.25) is 4.99 Å². The number of pyridine rings is 1. The van der Waals surface area contributed by atoms with Gasteiger partial charge in [-0.05, 0) is 61.6 Å². The normalized spacial score (nSPS) is 13.6. The summed E-state index contributed by atoms with van der Waals surface area (Å²) in [6.07, 6.45) is 4.86. The van der Waals surface area contributed by atoms with Gasteiger partial charge in [0.15, 0.2) is 17.5 Å². The number of hydrogen-bond acceptors (Lipinski definition) is 5. The molecule has 1 aromatic heterocycles. The molecule has 0 aliphatic carbocycles. The molecule has 2 heterocycles. The van der Waals surface area contributed by atoms with Crippen molar-refractivity contribution in [1.82, 2.24) is 15.2 Å². The van der Waals surface area contributed by atoms with Crippen LogP contribution < -0.4 is 20.1 Å². The summed E-state index contributed by atoms with van der Waals surface area (Å²) in [6.45, 7) is 6.44. The lowest BCUT2D eigenvalue weighted by Gasteiger charge is -2.32. The minimum atomic E-state index is 0.778. The van der Waals surface area contributed by atoms with Gasteiger partial charge in [-0.25, -0.2) is 4.98 Å². The van der Waals surface area contributed by atoms with E-state index in [1.807, 2.05) is 18.2 Å². The number of fused-ring (bicyclic) bond motifs is 1. The number of benzene rings is 1. The highest BCUT2D eigenvalue weighted by molar-refractivity contribution is 5.80. The molecule has 30 heavy (non-hydrogen) atoms. The average molecular weight is 412 g/mol. The van der Waals surface area contributed by atoms with Crippen LogP contribution in [0.3, 0.4) is 0 Å². The molecule has 0 atom stereocenters. The number of nitrogens with zero attached hydrogens (tertiary/aromatic N) is 3. The summed E-state index contributed by atoms with van der Waals surface area (Å²) in [7, 11) is 3.36. The van der Waals surface area contributed by atoms with E-state index in [-0.39, 0.29) is 0 Å². The Hall–Kier alpha value is -2.96. The first-order chi connectivity index (χ1) is 14.7. The van der Waals surface area contributed by atoms with Crippen LogP contribution in [0.2, 0.25) is 0 Å². The molecule has 7 nitrogen and oxygen atoms in total. The topological polar surface area (TPSA) is 71.0 Å². The molecular weight excluding hydrogens is 378 g/mol. The van der Waals surface area contributed by atoms with Gasteiger partial charge in [0.1, 0.15) is 5.82 Å². The Morgan fingerprint density at radius 1 is 1.13 bits per heavy atom. The Bertz CT molecular complexity index is 826. The standard InChI is InChI=1S/C23H33N5O2/c1-4-24-23(27-13-8-7-12-26-22-9-5-6-11-25-22)28-14-10-18-15-20(29-2)21(30-3)16-19(18)17-28/h5-6,9,11,15-16H,4,7-8,10,12-14,17H2,1-3H3,(H,24,27)(H,25,26). The summed E-state index contributed by atoms with van der Waals surface area (Å²) in [4.78, 5) is 11.5. The van der Waals surface area contributed by atoms with E-state index in [4.69, 9.17) is 14.5 Å². The smallest absolute Gasteiger partial charge is 0.194 e. The number of ether oxygens (including phenoxy) is 2. The lowest BCUT2D eigenvalue weighted by Crippen LogP contribution is -2.44. The van der Waals surface area contributed by atoms with E-state index in [0.29, 0.717) is 0 Å². The Labute approximate surface area is 179 Å². The predicted molar refractivity (Wildman–Crippen MR) is 122 cm³/mol. The van der Waals surface area contributed by atoms with Gasteiger partial charge < -0.3 is 25.0 Å². The van der Waals surface area contributed by atoms with E-state index in [1.165, 1.54) is 11.1 Å². The van der Waals surface area contributed by atoms with E-state index >= 15 is 0 Å². The van der Waals surface area contributed by atoms with Gasteiger partial charge in [0, 0.05) is 38.9 Å². The number of rotatable bonds is 9. The minimum Gasteiger partial charge on any atom is -0.493 e. The van der Waals surface area contributed by atoms with Crippen LogP contribution >= 0.6 is 0 Å². The summed E-state index contributed by atoms with van der Waals surface area (Å²) in [5, 5.41) is 6.79. The number of anilines is 1. The zero-order chi connectivity index (χ0) is 21.2. The number of nitrogens with one attached hydrogen (secondary N) is 2. The molecule has 1 aliphatic heterocycles. The summed E-state index contributed by atoms with van der Waals surface area (Å²) in [6, 6.07) is 10.1. The molecule has 0 saturated heterocycles. The maximum Gasteiger partial charge on any atom is 0.194 e. The molecule has 0 saturated carbocycles. The molecule has 0 bridgehead atoms. The van der Waals surface area contributed by atoms with Crippen LogP contribution in [0.15, 0.2) is 41.5 Å². The Morgan fingerprint density at radius 2 is 1.93 bits per heavy atom. The van der Waals surface area contributed by atoms with Crippen molar-refractivity contribution in [3.05, 3.63) is 47.7 Å². The fourth-order valence-corrected chi connectivity index (χ4v) is 3.60. The Balaban J connectivity index is 1.54. The van der Waals surface area contributed by atoms with Crippen LogP contribution in [0, 0.1) is 0 Å². The van der Waals surface area contributed by atoms with E-state index in [0.717, 1.165) is 75.3 Å². The Kier molecular flexibility index (Phi) is 8.18. The first-order valence-corrected chi connectivity index (χ1v) is 10.7. The number of aromatic nitrogens is 1. The van der Waals surface area contributed by atoms with Crippen molar-refractivity contribution in [1.29, 1.82) is 0 Å². The molecule has 162 valence electrons. The molecule has 1 aromatic carbocycles. The van der Waals surface area contributed by atoms with Crippen molar-refractivity contribution >= 4 is 11.8 Å². The van der Waals surface area contributed by atoms with Crippen LogP contribution in [0.4, 0.5) is 5.82 Å². The van der Waals surface area contributed by atoms with Crippen molar-refractivity contribution in [3.63, 3.8) is 0 Å². The van der Waals surface area contributed by atoms with Crippen molar-refractivity contribution in [3.8, 4) is 11.5 Å². The fourth-order valence-electron chi connectivity index (χ4n) is 3.60. The monoisotopic (exact) mass is 411 g/mol. The molecule has 0 spiro atoms. The number of guanidine groups is 1. The molecule has 0 unspecified atom stereocenters. The summed E-state index contributed by atoms with van der Waals surface area (Å²) in [5.74, 6) is 3.48. The number of hydrogen-bond donors (Lipinski definition) is 2. The van der Waals surface area contributed by atoms with Crippen LogP contribution in [0.5, 0.6) is 11.5 Å². The lowest BCUT2D eigenvalue weighted by atomic mass is 9.99. The second kappa shape index (κ2) is 11.3. The van der Waals surface area contributed by atoms with Crippen molar-refractivity contribution in [2.75, 3.05) is 45.7 Å². The van der Waals surface area contributed by atoms with E-state index in [9.17, 15) is 0 Å². The third-order valence-corrected chi connectivity index (χ3v) is 5.17.